The molecule has 8 nitrogen and oxygen atoms in total. The lowest BCUT2D eigenvalue weighted by Crippen LogP contribution is -2.29. The predicted molar refractivity (Wildman–Crippen MR) is 120 cm³/mol. The molecule has 0 fully saturated rings. The Hall–Kier alpha value is -3.80. The molecule has 9 heteroatoms. The van der Waals surface area contributed by atoms with E-state index in [2.05, 4.69) is 21.1 Å². The van der Waals surface area contributed by atoms with Gasteiger partial charge in [-0.3, -0.25) is 9.48 Å². The van der Waals surface area contributed by atoms with Crippen LogP contribution >= 0.6 is 0 Å². The lowest BCUT2D eigenvalue weighted by Gasteiger charge is -2.26. The molecule has 33 heavy (non-hydrogen) atoms. The van der Waals surface area contributed by atoms with Crippen molar-refractivity contribution in [2.24, 2.45) is 12.5 Å². The van der Waals surface area contributed by atoms with Crippen molar-refractivity contribution >= 4 is 11.6 Å². The highest BCUT2D eigenvalue weighted by Gasteiger charge is 2.35. The molecule has 0 saturated carbocycles. The molecule has 4 rings (SSSR count). The van der Waals surface area contributed by atoms with Crippen LogP contribution in [0.5, 0.6) is 5.88 Å². The summed E-state index contributed by atoms with van der Waals surface area (Å²) in [5.74, 6) is -0.385. The number of benzene rings is 1. The van der Waals surface area contributed by atoms with Crippen LogP contribution in [0.2, 0.25) is 0 Å². The normalized spacial score (nSPS) is 17.8. The number of aryl methyl sites for hydroxylation is 1. The van der Waals surface area contributed by atoms with E-state index in [4.69, 9.17) is 10.5 Å². The zero-order valence-corrected chi connectivity index (χ0v) is 19.0. The first kappa shape index (κ1) is 22.4. The molecule has 1 aliphatic rings. The number of ketones is 1. The number of nitrogen functional groups attached to an aromatic ring is 1. The van der Waals surface area contributed by atoms with Crippen molar-refractivity contribution in [1.82, 2.24) is 19.7 Å². The molecule has 2 aromatic heterocycles. The van der Waals surface area contributed by atoms with E-state index in [1.54, 1.807) is 13.1 Å². The van der Waals surface area contributed by atoms with Crippen molar-refractivity contribution < 1.29 is 13.9 Å². The number of aromatic nitrogens is 4. The van der Waals surface area contributed by atoms with Gasteiger partial charge in [-0.05, 0) is 36.1 Å². The molecular formula is C24H25FN6O2. The molecule has 2 N–H and O–H groups in total. The minimum Gasteiger partial charge on any atom is -0.475 e. The average Bonchev–Trinajstić information content (AvgIpc) is 3.07. The molecule has 0 spiro atoms. The number of hydrogen-bond donors (Lipinski definition) is 1. The van der Waals surface area contributed by atoms with Gasteiger partial charge in [-0.15, -0.1) is 0 Å². The Morgan fingerprint density at radius 2 is 2.12 bits per heavy atom. The van der Waals surface area contributed by atoms with Crippen molar-refractivity contribution in [3.05, 3.63) is 52.7 Å². The third-order valence-electron chi connectivity index (χ3n) is 6.05. The quantitative estimate of drug-likeness (QED) is 0.555. The molecular weight excluding hydrogens is 423 g/mol. The largest absolute Gasteiger partial charge is 0.475 e. The number of rotatable bonds is 0. The van der Waals surface area contributed by atoms with Crippen molar-refractivity contribution in [2.75, 3.05) is 12.3 Å². The van der Waals surface area contributed by atoms with E-state index in [-0.39, 0.29) is 36.4 Å². The maximum Gasteiger partial charge on any atom is 0.257 e. The Bertz CT molecular complexity index is 1290. The van der Waals surface area contributed by atoms with E-state index >= 15 is 0 Å². The zero-order chi connectivity index (χ0) is 23.9. The second kappa shape index (κ2) is 8.28. The maximum atomic E-state index is 14.1. The fourth-order valence-electron chi connectivity index (χ4n) is 4.21. The number of carbonyl (C=O) groups excluding carboxylic acids is 1. The first-order valence-corrected chi connectivity index (χ1v) is 10.7. The molecule has 0 radical (unpaired) electrons. The van der Waals surface area contributed by atoms with E-state index in [0.717, 1.165) is 0 Å². The van der Waals surface area contributed by atoms with Gasteiger partial charge in [0.1, 0.15) is 17.6 Å². The number of ether oxygens (including phenoxy) is 1. The number of nitrogens with two attached hydrogens (primary N) is 1. The molecule has 170 valence electrons. The fourth-order valence-corrected chi connectivity index (χ4v) is 4.21. The molecule has 1 aliphatic heterocycles. The Kier molecular flexibility index (Phi) is 5.62. The first-order valence-electron chi connectivity index (χ1n) is 10.7. The van der Waals surface area contributed by atoms with Gasteiger partial charge in [0, 0.05) is 24.4 Å². The molecule has 2 bridgehead atoms. The monoisotopic (exact) mass is 448 g/mol. The van der Waals surface area contributed by atoms with E-state index < -0.39 is 11.2 Å². The SMILES string of the molecule is CC1CCOc2nc(cnc2N)-c2c(nn(C)c2C#N)CC(C)(C)C(=O)c2ccc(F)cc21. The van der Waals surface area contributed by atoms with Crippen LogP contribution < -0.4 is 10.5 Å². The van der Waals surface area contributed by atoms with Gasteiger partial charge in [-0.1, -0.05) is 20.8 Å². The van der Waals surface area contributed by atoms with E-state index in [0.29, 0.717) is 40.2 Å². The maximum absolute atomic E-state index is 14.1. The second-order valence-electron chi connectivity index (χ2n) is 9.01. The van der Waals surface area contributed by atoms with Crippen LogP contribution in [-0.2, 0) is 13.5 Å². The molecule has 0 amide bonds. The van der Waals surface area contributed by atoms with Gasteiger partial charge in [0.05, 0.1) is 29.8 Å². The highest BCUT2D eigenvalue weighted by atomic mass is 19.1. The second-order valence-corrected chi connectivity index (χ2v) is 9.01. The van der Waals surface area contributed by atoms with Crippen LogP contribution in [0.15, 0.2) is 24.4 Å². The topological polar surface area (TPSA) is 120 Å². The summed E-state index contributed by atoms with van der Waals surface area (Å²) in [5, 5.41) is 14.3. The smallest absolute Gasteiger partial charge is 0.257 e. The van der Waals surface area contributed by atoms with Gasteiger partial charge >= 0.3 is 0 Å². The summed E-state index contributed by atoms with van der Waals surface area (Å²) in [7, 11) is 1.66. The van der Waals surface area contributed by atoms with Crippen molar-refractivity contribution in [2.45, 2.75) is 39.5 Å². The van der Waals surface area contributed by atoms with Crippen molar-refractivity contribution in [3.63, 3.8) is 0 Å². The van der Waals surface area contributed by atoms with E-state index in [1.807, 2.05) is 20.8 Å². The Labute approximate surface area is 191 Å². The minimum atomic E-state index is -0.882. The third-order valence-corrected chi connectivity index (χ3v) is 6.05. The third kappa shape index (κ3) is 4.04. The highest BCUT2D eigenvalue weighted by Crippen LogP contribution is 2.36. The van der Waals surface area contributed by atoms with Crippen molar-refractivity contribution in [1.29, 1.82) is 5.26 Å². The van der Waals surface area contributed by atoms with Crippen molar-refractivity contribution in [3.8, 4) is 23.2 Å². The summed E-state index contributed by atoms with van der Waals surface area (Å²) in [6, 6.07) is 6.42. The van der Waals surface area contributed by atoms with Gasteiger partial charge in [0.2, 0.25) is 0 Å². The first-order chi connectivity index (χ1) is 15.6. The summed E-state index contributed by atoms with van der Waals surface area (Å²) >= 11 is 0. The molecule has 0 aliphatic carbocycles. The lowest BCUT2D eigenvalue weighted by atomic mass is 9.77. The number of Topliss-reactive ketones (excluding diaryl/α,β-unsaturated/α-hetero) is 1. The van der Waals surface area contributed by atoms with Crippen LogP contribution in [0.1, 0.15) is 60.4 Å². The summed E-state index contributed by atoms with van der Waals surface area (Å²) < 4.78 is 21.4. The number of fused-ring (bicyclic) bond motifs is 5. The van der Waals surface area contributed by atoms with Gasteiger partial charge < -0.3 is 10.5 Å². The Morgan fingerprint density at radius 3 is 2.85 bits per heavy atom. The number of nitrogens with zero attached hydrogens (tertiary/aromatic N) is 5. The standard InChI is InChI=1S/C24H25FN6O2/c1-13-7-8-33-23-22(27)28-12-18(29-23)20-17(30-31(4)19(20)11-26)10-24(2,3)21(32)15-6-5-14(25)9-16(13)15/h5-6,9,12-13H,7-8,10H2,1-4H3,(H2,27,28). The summed E-state index contributed by atoms with van der Waals surface area (Å²) in [6.45, 7) is 5.82. The van der Waals surface area contributed by atoms with E-state index in [9.17, 15) is 14.4 Å². The van der Waals surface area contributed by atoms with Crippen LogP contribution in [0.25, 0.3) is 11.3 Å². The van der Waals surface area contributed by atoms with Gasteiger partial charge in [-0.25, -0.2) is 14.4 Å². The van der Waals surface area contributed by atoms with Crippen LogP contribution in [-0.4, -0.2) is 32.1 Å². The summed E-state index contributed by atoms with van der Waals surface area (Å²) in [5.41, 5.74) is 7.91. The molecule has 1 aromatic carbocycles. The fraction of sp³-hybridized carbons (Fsp3) is 0.375. The zero-order valence-electron chi connectivity index (χ0n) is 19.0. The predicted octanol–water partition coefficient (Wildman–Crippen LogP) is 3.81. The molecule has 1 atom stereocenters. The lowest BCUT2D eigenvalue weighted by molar-refractivity contribution is 0.0834. The Morgan fingerprint density at radius 1 is 1.36 bits per heavy atom. The average molecular weight is 449 g/mol. The molecule has 3 heterocycles. The minimum absolute atomic E-state index is 0.124. The molecule has 0 saturated heterocycles. The van der Waals surface area contributed by atoms with Crippen LogP contribution in [0.4, 0.5) is 10.2 Å². The summed E-state index contributed by atoms with van der Waals surface area (Å²) in [6.07, 6.45) is 2.23. The van der Waals surface area contributed by atoms with Gasteiger partial charge in [0.25, 0.3) is 5.88 Å². The summed E-state index contributed by atoms with van der Waals surface area (Å²) in [4.78, 5) is 22.4. The van der Waals surface area contributed by atoms with Gasteiger partial charge in [0.15, 0.2) is 11.6 Å². The molecule has 1 unspecified atom stereocenters. The number of anilines is 1. The van der Waals surface area contributed by atoms with Crippen LogP contribution in [0.3, 0.4) is 0 Å². The van der Waals surface area contributed by atoms with E-state index in [1.165, 1.54) is 23.0 Å². The van der Waals surface area contributed by atoms with Gasteiger partial charge in [-0.2, -0.15) is 10.4 Å². The van der Waals surface area contributed by atoms with Crippen LogP contribution in [0, 0.1) is 22.6 Å². The number of carbonyl (C=O) groups is 1. The highest BCUT2D eigenvalue weighted by molar-refractivity contribution is 6.01. The number of nitriles is 1. The Balaban J connectivity index is 1.93. The number of hydrogen-bond acceptors (Lipinski definition) is 7. The molecule has 3 aromatic rings. The number of halogens is 1.